The number of likely N-dealkylation sites (tertiary alicyclic amines) is 1. The minimum absolute atomic E-state index is 0.0572. The second kappa shape index (κ2) is 5.47. The average Bonchev–Trinajstić information content (AvgIpc) is 2.38. The van der Waals surface area contributed by atoms with Crippen LogP contribution >= 0.6 is 11.6 Å². The fraction of sp³-hybridized carbons (Fsp3) is 0.500. The lowest BCUT2D eigenvalue weighted by Crippen LogP contribution is -2.47. The van der Waals surface area contributed by atoms with Crippen LogP contribution in [0.3, 0.4) is 0 Å². The van der Waals surface area contributed by atoms with Crippen molar-refractivity contribution in [3.63, 3.8) is 0 Å². The highest BCUT2D eigenvalue weighted by molar-refractivity contribution is 6.32. The number of hydrogen-bond donors (Lipinski definition) is 1. The Hall–Kier alpha value is -1.13. The fourth-order valence-electron chi connectivity index (χ4n) is 2.21. The molecule has 1 saturated heterocycles. The Morgan fingerprint density at radius 2 is 2.41 bits per heavy atom. The number of nitrogens with two attached hydrogens (primary N) is 1. The summed E-state index contributed by atoms with van der Waals surface area (Å²) in [7, 11) is 0. The largest absolute Gasteiger partial charge is 0.334 e. The Labute approximate surface area is 106 Å². The van der Waals surface area contributed by atoms with Gasteiger partial charge in [-0.25, -0.2) is 4.98 Å². The summed E-state index contributed by atoms with van der Waals surface area (Å²) in [6.45, 7) is 1.26. The number of carbonyl (C=O) groups excluding carboxylic acids is 1. The minimum atomic E-state index is -0.0572. The Kier molecular flexibility index (Phi) is 3.97. The number of carbonyl (C=O) groups is 1. The van der Waals surface area contributed by atoms with E-state index in [0.717, 1.165) is 25.8 Å². The van der Waals surface area contributed by atoms with Gasteiger partial charge in [0.25, 0.3) is 5.91 Å². The van der Waals surface area contributed by atoms with E-state index in [1.165, 1.54) is 0 Å². The summed E-state index contributed by atoms with van der Waals surface area (Å²) in [4.78, 5) is 18.1. The van der Waals surface area contributed by atoms with Crippen molar-refractivity contribution >= 4 is 17.5 Å². The highest BCUT2D eigenvalue weighted by Gasteiger charge is 2.27. The van der Waals surface area contributed by atoms with Gasteiger partial charge in [-0.05, 0) is 31.4 Å². The van der Waals surface area contributed by atoms with E-state index in [9.17, 15) is 4.79 Å². The smallest absolute Gasteiger partial charge is 0.257 e. The fourth-order valence-corrected chi connectivity index (χ4v) is 2.41. The van der Waals surface area contributed by atoms with Crippen LogP contribution in [-0.4, -0.2) is 34.9 Å². The standard InChI is InChI=1S/C12H16ClN3O/c13-11-10(5-3-6-15-11)12(17)16-7-2-1-4-9(16)8-14/h3,5-6,9H,1-2,4,7-8,14H2/t9-/m1/s1. The second-order valence-electron chi connectivity index (χ2n) is 4.23. The number of pyridine rings is 1. The van der Waals surface area contributed by atoms with Crippen molar-refractivity contribution in [2.75, 3.05) is 13.1 Å². The van der Waals surface area contributed by atoms with Gasteiger partial charge in [0.15, 0.2) is 0 Å². The molecule has 0 saturated carbocycles. The van der Waals surface area contributed by atoms with Crippen LogP contribution in [0.15, 0.2) is 18.3 Å². The Morgan fingerprint density at radius 1 is 1.59 bits per heavy atom. The number of halogens is 1. The Morgan fingerprint density at radius 3 is 3.12 bits per heavy atom. The zero-order valence-electron chi connectivity index (χ0n) is 9.60. The van der Waals surface area contributed by atoms with Crippen LogP contribution in [0.5, 0.6) is 0 Å². The van der Waals surface area contributed by atoms with Crippen LogP contribution in [-0.2, 0) is 0 Å². The van der Waals surface area contributed by atoms with Crippen molar-refractivity contribution in [3.05, 3.63) is 29.0 Å². The van der Waals surface area contributed by atoms with Gasteiger partial charge in [-0.15, -0.1) is 0 Å². The number of nitrogens with zero attached hydrogens (tertiary/aromatic N) is 2. The average molecular weight is 254 g/mol. The zero-order chi connectivity index (χ0) is 12.3. The molecule has 5 heteroatoms. The van der Waals surface area contributed by atoms with E-state index in [-0.39, 0.29) is 17.1 Å². The van der Waals surface area contributed by atoms with Crippen LogP contribution in [0.2, 0.25) is 5.15 Å². The molecule has 1 aliphatic heterocycles. The van der Waals surface area contributed by atoms with Gasteiger partial charge >= 0.3 is 0 Å². The summed E-state index contributed by atoms with van der Waals surface area (Å²) in [6.07, 6.45) is 4.71. The van der Waals surface area contributed by atoms with Crippen LogP contribution in [0.4, 0.5) is 0 Å². The molecule has 2 rings (SSSR count). The molecule has 0 radical (unpaired) electrons. The van der Waals surface area contributed by atoms with E-state index in [2.05, 4.69) is 4.98 Å². The summed E-state index contributed by atoms with van der Waals surface area (Å²) in [5, 5.41) is 0.263. The highest BCUT2D eigenvalue weighted by atomic mass is 35.5. The number of hydrogen-bond acceptors (Lipinski definition) is 3. The molecule has 2 heterocycles. The molecular weight excluding hydrogens is 238 g/mol. The third kappa shape index (κ3) is 2.58. The zero-order valence-corrected chi connectivity index (χ0v) is 10.4. The van der Waals surface area contributed by atoms with E-state index >= 15 is 0 Å². The maximum Gasteiger partial charge on any atom is 0.257 e. The maximum absolute atomic E-state index is 12.3. The summed E-state index contributed by atoms with van der Waals surface area (Å²) >= 11 is 5.94. The van der Waals surface area contributed by atoms with Gasteiger partial charge in [0.05, 0.1) is 5.56 Å². The topological polar surface area (TPSA) is 59.2 Å². The number of rotatable bonds is 2. The molecule has 4 nitrogen and oxygen atoms in total. The summed E-state index contributed by atoms with van der Waals surface area (Å²) in [5.41, 5.74) is 6.17. The van der Waals surface area contributed by atoms with Gasteiger partial charge in [-0.1, -0.05) is 11.6 Å². The van der Waals surface area contributed by atoms with Gasteiger partial charge in [0.1, 0.15) is 5.15 Å². The van der Waals surface area contributed by atoms with E-state index in [1.54, 1.807) is 18.3 Å². The second-order valence-corrected chi connectivity index (χ2v) is 4.58. The lowest BCUT2D eigenvalue weighted by atomic mass is 10.0. The van der Waals surface area contributed by atoms with Gasteiger partial charge in [0.2, 0.25) is 0 Å². The number of aromatic nitrogens is 1. The first-order valence-electron chi connectivity index (χ1n) is 5.85. The normalized spacial score (nSPS) is 20.4. The molecule has 92 valence electrons. The molecule has 1 aliphatic rings. The molecule has 0 aromatic carbocycles. The highest BCUT2D eigenvalue weighted by Crippen LogP contribution is 2.21. The molecule has 1 fully saturated rings. The minimum Gasteiger partial charge on any atom is -0.334 e. The molecular formula is C12H16ClN3O. The SMILES string of the molecule is NC[C@H]1CCCCN1C(=O)c1cccnc1Cl. The predicted octanol–water partition coefficient (Wildman–Crippen LogP) is 1.69. The Balaban J connectivity index is 2.21. The quantitative estimate of drug-likeness (QED) is 0.816. The first kappa shape index (κ1) is 12.3. The summed E-state index contributed by atoms with van der Waals surface area (Å²) < 4.78 is 0. The third-order valence-electron chi connectivity index (χ3n) is 3.15. The third-order valence-corrected chi connectivity index (χ3v) is 3.45. The number of amides is 1. The van der Waals surface area contributed by atoms with E-state index in [0.29, 0.717) is 12.1 Å². The molecule has 1 atom stereocenters. The van der Waals surface area contributed by atoms with Crippen molar-refractivity contribution in [2.45, 2.75) is 25.3 Å². The number of piperidine rings is 1. The molecule has 1 amide bonds. The monoisotopic (exact) mass is 253 g/mol. The molecule has 2 N–H and O–H groups in total. The molecule has 17 heavy (non-hydrogen) atoms. The van der Waals surface area contributed by atoms with Gasteiger partial charge in [0, 0.05) is 25.3 Å². The lowest BCUT2D eigenvalue weighted by molar-refractivity contribution is 0.0623. The molecule has 1 aromatic rings. The van der Waals surface area contributed by atoms with Gasteiger partial charge < -0.3 is 10.6 Å². The molecule has 0 unspecified atom stereocenters. The predicted molar refractivity (Wildman–Crippen MR) is 67.0 cm³/mol. The van der Waals surface area contributed by atoms with Crippen molar-refractivity contribution in [2.24, 2.45) is 5.73 Å². The van der Waals surface area contributed by atoms with Gasteiger partial charge in [-0.2, -0.15) is 0 Å². The van der Waals surface area contributed by atoms with Crippen molar-refractivity contribution in [3.8, 4) is 0 Å². The van der Waals surface area contributed by atoms with Crippen LogP contribution in [0, 0.1) is 0 Å². The molecule has 0 bridgehead atoms. The summed E-state index contributed by atoms with van der Waals surface area (Å²) in [5.74, 6) is -0.0572. The maximum atomic E-state index is 12.3. The van der Waals surface area contributed by atoms with Crippen molar-refractivity contribution < 1.29 is 4.79 Å². The molecule has 0 aliphatic carbocycles. The van der Waals surface area contributed by atoms with E-state index < -0.39 is 0 Å². The van der Waals surface area contributed by atoms with Crippen molar-refractivity contribution in [1.82, 2.24) is 9.88 Å². The lowest BCUT2D eigenvalue weighted by Gasteiger charge is -2.35. The van der Waals surface area contributed by atoms with Crippen LogP contribution in [0.25, 0.3) is 0 Å². The first-order valence-corrected chi connectivity index (χ1v) is 6.23. The van der Waals surface area contributed by atoms with Crippen LogP contribution < -0.4 is 5.73 Å². The van der Waals surface area contributed by atoms with Gasteiger partial charge in [-0.3, -0.25) is 4.79 Å². The van der Waals surface area contributed by atoms with E-state index in [4.69, 9.17) is 17.3 Å². The first-order chi connectivity index (χ1) is 8.24. The molecule has 1 aromatic heterocycles. The van der Waals surface area contributed by atoms with Crippen LogP contribution in [0.1, 0.15) is 29.6 Å². The Bertz CT molecular complexity index is 410. The molecule has 0 spiro atoms. The van der Waals surface area contributed by atoms with E-state index in [1.807, 2.05) is 4.90 Å². The van der Waals surface area contributed by atoms with Crippen molar-refractivity contribution in [1.29, 1.82) is 0 Å². The summed E-state index contributed by atoms with van der Waals surface area (Å²) in [6, 6.07) is 3.56.